The molecule has 0 rings (SSSR count). The lowest BCUT2D eigenvalue weighted by Gasteiger charge is -2.24. The summed E-state index contributed by atoms with van der Waals surface area (Å²) in [6.07, 6.45) is 1.21. The normalized spacial score (nSPS) is 12.3. The van der Waals surface area contributed by atoms with Crippen molar-refractivity contribution >= 4 is 36.7 Å². The molecule has 0 heterocycles. The largest absolute Gasteiger partial charge is 0.500 e. The summed E-state index contributed by atoms with van der Waals surface area (Å²) in [6, 6.07) is 0.712. The Morgan fingerprint density at radius 2 is 1.70 bits per heavy atom. The van der Waals surface area contributed by atoms with Crippen molar-refractivity contribution in [2.45, 2.75) is 25.3 Å². The van der Waals surface area contributed by atoms with Crippen molar-refractivity contribution in [1.29, 1.82) is 0 Å². The Morgan fingerprint density at radius 3 is 2.22 bits per heavy atom. The molecular formula is C12H26O8S2Si. The first-order valence-electron chi connectivity index (χ1n) is 7.12. The van der Waals surface area contributed by atoms with Crippen LogP contribution in [0.5, 0.6) is 0 Å². The Kier molecular flexibility index (Phi) is 12.1. The average Bonchev–Trinajstić information content (AvgIpc) is 2.51. The van der Waals surface area contributed by atoms with Gasteiger partial charge in [0, 0.05) is 33.1 Å². The molecule has 0 amide bonds. The number of thioether (sulfide) groups is 1. The van der Waals surface area contributed by atoms with Gasteiger partial charge in [0.1, 0.15) is 0 Å². The summed E-state index contributed by atoms with van der Waals surface area (Å²) in [5, 5.41) is 0. The summed E-state index contributed by atoms with van der Waals surface area (Å²) in [7, 11) is -1.78. The molecule has 0 aromatic heterocycles. The molecule has 0 aliphatic heterocycles. The zero-order valence-electron chi connectivity index (χ0n) is 13.8. The molecule has 0 bridgehead atoms. The van der Waals surface area contributed by atoms with Crippen molar-refractivity contribution in [1.82, 2.24) is 0 Å². The van der Waals surface area contributed by atoms with E-state index >= 15 is 0 Å². The third-order valence-corrected chi connectivity index (χ3v) is 7.67. The van der Waals surface area contributed by atoms with E-state index < -0.39 is 24.7 Å². The third kappa shape index (κ3) is 11.9. The minimum absolute atomic E-state index is 0.00702. The monoisotopic (exact) mass is 390 g/mol. The molecule has 0 fully saturated rings. The van der Waals surface area contributed by atoms with E-state index in [0.29, 0.717) is 11.8 Å². The van der Waals surface area contributed by atoms with Crippen molar-refractivity contribution in [3.8, 4) is 0 Å². The van der Waals surface area contributed by atoms with E-state index in [1.54, 1.807) is 33.1 Å². The molecule has 0 saturated heterocycles. The topological polar surface area (TPSA) is 108 Å². The number of hydrogen-bond donors (Lipinski definition) is 1. The summed E-state index contributed by atoms with van der Waals surface area (Å²) in [5.74, 6) is 0.695. The second-order valence-corrected chi connectivity index (χ2v) is 10.5. The lowest BCUT2D eigenvalue weighted by Crippen LogP contribution is -2.42. The molecule has 23 heavy (non-hydrogen) atoms. The first-order valence-corrected chi connectivity index (χ1v) is 11.8. The Bertz CT molecular complexity index is 417. The summed E-state index contributed by atoms with van der Waals surface area (Å²) in [5.41, 5.74) is 0. The van der Waals surface area contributed by atoms with Gasteiger partial charge in [-0.3, -0.25) is 9.35 Å². The number of rotatable bonds is 14. The minimum atomic E-state index is -3.99. The number of carbonyl (C=O) groups excluding carboxylic acids is 1. The second-order valence-electron chi connectivity index (χ2n) is 4.62. The molecule has 11 heteroatoms. The zero-order chi connectivity index (χ0) is 17.8. The number of carbonyl (C=O) groups is 1. The molecule has 0 aliphatic carbocycles. The summed E-state index contributed by atoms with van der Waals surface area (Å²) < 4.78 is 50.3. The van der Waals surface area contributed by atoms with Gasteiger partial charge in [0.05, 0.1) is 18.8 Å². The molecule has 0 saturated carbocycles. The number of esters is 1. The van der Waals surface area contributed by atoms with Gasteiger partial charge in [-0.1, -0.05) is 0 Å². The molecule has 0 aromatic rings. The van der Waals surface area contributed by atoms with Crippen LogP contribution in [0.25, 0.3) is 0 Å². The van der Waals surface area contributed by atoms with Crippen LogP contribution in [0.3, 0.4) is 0 Å². The van der Waals surface area contributed by atoms with E-state index in [0.717, 1.165) is 12.2 Å². The zero-order valence-corrected chi connectivity index (χ0v) is 16.4. The first kappa shape index (κ1) is 22.8. The lowest BCUT2D eigenvalue weighted by molar-refractivity contribution is -0.143. The summed E-state index contributed by atoms with van der Waals surface area (Å²) in [6.45, 7) is -0.00702. The maximum atomic E-state index is 11.4. The van der Waals surface area contributed by atoms with Crippen LogP contribution in [0.2, 0.25) is 6.04 Å². The van der Waals surface area contributed by atoms with Gasteiger partial charge in [0.15, 0.2) is 0 Å². The highest BCUT2D eigenvalue weighted by molar-refractivity contribution is 7.99. The van der Waals surface area contributed by atoms with Crippen LogP contribution in [-0.2, 0) is 32.9 Å². The van der Waals surface area contributed by atoms with Crippen LogP contribution >= 0.6 is 11.8 Å². The predicted octanol–water partition coefficient (Wildman–Crippen LogP) is 1.20. The average molecular weight is 391 g/mol. The summed E-state index contributed by atoms with van der Waals surface area (Å²) >= 11 is 1.62. The van der Waals surface area contributed by atoms with Crippen molar-refractivity contribution < 1.29 is 35.8 Å². The van der Waals surface area contributed by atoms with E-state index in [1.807, 2.05) is 0 Å². The standard InChI is InChI=1S/C12H26O8S2Si/c1-17-23(18-2,19-3)11-5-8-21-9-6-12(13)20-7-4-10-22(14,15)16/h4-11H2,1-3H3,(H,14,15,16). The molecule has 0 unspecified atom stereocenters. The highest BCUT2D eigenvalue weighted by Crippen LogP contribution is 2.17. The smallest absolute Gasteiger partial charge is 0.466 e. The maximum Gasteiger partial charge on any atom is 0.500 e. The highest BCUT2D eigenvalue weighted by atomic mass is 32.2. The van der Waals surface area contributed by atoms with Gasteiger partial charge in [-0.25, -0.2) is 0 Å². The third-order valence-electron chi connectivity index (χ3n) is 2.96. The Morgan fingerprint density at radius 1 is 1.09 bits per heavy atom. The molecule has 1 N–H and O–H groups in total. The maximum absolute atomic E-state index is 11.4. The minimum Gasteiger partial charge on any atom is -0.466 e. The van der Waals surface area contributed by atoms with Crippen LogP contribution in [0, 0.1) is 0 Å². The van der Waals surface area contributed by atoms with E-state index in [4.69, 9.17) is 22.6 Å². The van der Waals surface area contributed by atoms with Gasteiger partial charge in [0.25, 0.3) is 10.1 Å². The molecule has 0 radical (unpaired) electrons. The van der Waals surface area contributed by atoms with Crippen LogP contribution in [0.1, 0.15) is 19.3 Å². The van der Waals surface area contributed by atoms with Gasteiger partial charge in [-0.15, -0.1) is 0 Å². The Hall–Kier alpha value is -0.173. The molecule has 0 atom stereocenters. The molecular weight excluding hydrogens is 364 g/mol. The second kappa shape index (κ2) is 12.2. The lowest BCUT2D eigenvalue weighted by atomic mass is 10.5. The predicted molar refractivity (Wildman–Crippen MR) is 90.1 cm³/mol. The molecule has 0 aliphatic rings. The van der Waals surface area contributed by atoms with Crippen LogP contribution in [0.15, 0.2) is 0 Å². The molecule has 0 spiro atoms. The van der Waals surface area contributed by atoms with Crippen molar-refractivity contribution in [2.75, 3.05) is 45.2 Å². The van der Waals surface area contributed by atoms with E-state index in [-0.39, 0.29) is 25.4 Å². The first-order chi connectivity index (χ1) is 10.8. The SMILES string of the molecule is CO[Si](CCCSCCC(=O)OCCCS(=O)(=O)O)(OC)OC. The number of ether oxygens (including phenoxy) is 1. The van der Waals surface area contributed by atoms with Crippen LogP contribution in [0.4, 0.5) is 0 Å². The van der Waals surface area contributed by atoms with E-state index in [9.17, 15) is 13.2 Å². The Balaban J connectivity index is 3.63. The van der Waals surface area contributed by atoms with E-state index in [1.165, 1.54) is 0 Å². The molecule has 8 nitrogen and oxygen atoms in total. The fraction of sp³-hybridized carbons (Fsp3) is 0.917. The van der Waals surface area contributed by atoms with Gasteiger partial charge in [-0.2, -0.15) is 20.2 Å². The fourth-order valence-corrected chi connectivity index (χ4v) is 5.03. The van der Waals surface area contributed by atoms with Crippen molar-refractivity contribution in [3.05, 3.63) is 0 Å². The quantitative estimate of drug-likeness (QED) is 0.202. The summed E-state index contributed by atoms with van der Waals surface area (Å²) in [4.78, 5) is 11.4. The van der Waals surface area contributed by atoms with Crippen molar-refractivity contribution in [3.63, 3.8) is 0 Å². The van der Waals surface area contributed by atoms with Gasteiger partial charge < -0.3 is 18.0 Å². The Labute approximate surface area is 143 Å². The van der Waals surface area contributed by atoms with Gasteiger partial charge in [0.2, 0.25) is 0 Å². The van der Waals surface area contributed by atoms with Crippen LogP contribution < -0.4 is 0 Å². The van der Waals surface area contributed by atoms with Crippen molar-refractivity contribution in [2.24, 2.45) is 0 Å². The van der Waals surface area contributed by atoms with Gasteiger partial charge in [-0.05, 0) is 18.6 Å². The molecule has 0 aromatic carbocycles. The molecule has 138 valence electrons. The van der Waals surface area contributed by atoms with Crippen LogP contribution in [-0.4, -0.2) is 72.9 Å². The van der Waals surface area contributed by atoms with Gasteiger partial charge >= 0.3 is 14.8 Å². The fourth-order valence-electron chi connectivity index (χ4n) is 1.70. The van der Waals surface area contributed by atoms with E-state index in [2.05, 4.69) is 0 Å². The number of hydrogen-bond acceptors (Lipinski definition) is 8. The highest BCUT2D eigenvalue weighted by Gasteiger charge is 2.36.